The molecule has 0 atom stereocenters. The number of methoxy groups -OCH3 is 1. The first-order valence-corrected chi connectivity index (χ1v) is 12.1. The van der Waals surface area contributed by atoms with Gasteiger partial charge in [-0.15, -0.1) is 0 Å². The Labute approximate surface area is 211 Å². The number of hydrogen-bond donors (Lipinski definition) is 1. The highest BCUT2D eigenvalue weighted by atomic mass is 16.5. The number of carbonyl (C=O) groups excluding carboxylic acids is 1. The molecule has 0 aliphatic carbocycles. The van der Waals surface area contributed by atoms with Crippen LogP contribution in [0.5, 0.6) is 5.75 Å². The summed E-state index contributed by atoms with van der Waals surface area (Å²) in [6.07, 6.45) is 4.18. The average Bonchev–Trinajstić information content (AvgIpc) is 2.87. The maximum Gasteiger partial charge on any atom is 0.411 e. The topological polar surface area (TPSA) is 79.8 Å². The summed E-state index contributed by atoms with van der Waals surface area (Å²) < 4.78 is 10.5. The standard InChI is InChI=1S/C28H33N5O3/c1-5-36-28(34)30-21-7-9-23-26(17-21)31-25-10-8-22(35-4)18-24(25)27(23)33(3)16-6-15-32(2)19-20-11-13-29-14-12-20/h7-14,17-18H,5-6,15-16,19H2,1-4H3,(H,30,34). The molecule has 0 unspecified atom stereocenters. The van der Waals surface area contributed by atoms with Crippen LogP contribution < -0.4 is 15.0 Å². The minimum atomic E-state index is -0.476. The Bertz CT molecular complexity index is 1330. The van der Waals surface area contributed by atoms with Gasteiger partial charge in [0.05, 0.1) is 30.4 Å². The van der Waals surface area contributed by atoms with Crippen LogP contribution in [0.15, 0.2) is 60.9 Å². The Hall–Kier alpha value is -3.91. The minimum absolute atomic E-state index is 0.316. The van der Waals surface area contributed by atoms with Gasteiger partial charge in [-0.2, -0.15) is 0 Å². The highest BCUT2D eigenvalue weighted by Crippen LogP contribution is 2.36. The Balaban J connectivity index is 1.59. The van der Waals surface area contributed by atoms with E-state index in [-0.39, 0.29) is 0 Å². The van der Waals surface area contributed by atoms with E-state index in [1.807, 2.05) is 48.8 Å². The number of hydrogen-bond acceptors (Lipinski definition) is 7. The van der Waals surface area contributed by atoms with Crippen LogP contribution in [0, 0.1) is 0 Å². The van der Waals surface area contributed by atoms with E-state index in [2.05, 4.69) is 46.3 Å². The summed E-state index contributed by atoms with van der Waals surface area (Å²) in [4.78, 5) is 25.5. The van der Waals surface area contributed by atoms with Crippen molar-refractivity contribution < 1.29 is 14.3 Å². The van der Waals surface area contributed by atoms with Crippen LogP contribution in [0.1, 0.15) is 18.9 Å². The summed E-state index contributed by atoms with van der Waals surface area (Å²) in [5, 5.41) is 4.81. The van der Waals surface area contributed by atoms with Crippen LogP contribution >= 0.6 is 0 Å². The van der Waals surface area contributed by atoms with Gasteiger partial charge in [0.15, 0.2) is 0 Å². The number of rotatable bonds is 10. The quantitative estimate of drug-likeness (QED) is 0.303. The third-order valence-electron chi connectivity index (χ3n) is 6.09. The van der Waals surface area contributed by atoms with Crippen LogP contribution in [0.4, 0.5) is 16.2 Å². The molecular weight excluding hydrogens is 454 g/mol. The number of nitrogens with zero attached hydrogens (tertiary/aromatic N) is 4. The van der Waals surface area contributed by atoms with Gasteiger partial charge in [0.2, 0.25) is 0 Å². The third kappa shape index (κ3) is 6.01. The molecule has 0 bridgehead atoms. The fraction of sp³-hybridized carbons (Fsp3) is 0.321. The molecule has 0 fully saturated rings. The number of aromatic nitrogens is 2. The molecule has 2 aromatic heterocycles. The number of anilines is 2. The lowest BCUT2D eigenvalue weighted by Crippen LogP contribution is -2.25. The number of ether oxygens (including phenoxy) is 2. The Morgan fingerprint density at radius 2 is 1.78 bits per heavy atom. The van der Waals surface area contributed by atoms with Crippen molar-refractivity contribution in [2.24, 2.45) is 0 Å². The maximum absolute atomic E-state index is 11.9. The molecule has 8 nitrogen and oxygen atoms in total. The van der Waals surface area contributed by atoms with E-state index >= 15 is 0 Å². The van der Waals surface area contributed by atoms with E-state index in [1.54, 1.807) is 14.0 Å². The zero-order chi connectivity index (χ0) is 25.5. The molecule has 1 N–H and O–H groups in total. The number of amides is 1. The molecule has 0 saturated carbocycles. The fourth-order valence-corrected chi connectivity index (χ4v) is 4.37. The number of fused-ring (bicyclic) bond motifs is 2. The Morgan fingerprint density at radius 3 is 2.53 bits per heavy atom. The average molecular weight is 488 g/mol. The van der Waals surface area contributed by atoms with Crippen molar-refractivity contribution in [3.63, 3.8) is 0 Å². The van der Waals surface area contributed by atoms with E-state index in [9.17, 15) is 4.79 Å². The summed E-state index contributed by atoms with van der Waals surface area (Å²) in [5.41, 5.74) is 4.67. The van der Waals surface area contributed by atoms with Crippen LogP contribution in [-0.4, -0.2) is 61.9 Å². The van der Waals surface area contributed by atoms with E-state index in [1.165, 1.54) is 5.56 Å². The Morgan fingerprint density at radius 1 is 0.972 bits per heavy atom. The van der Waals surface area contributed by atoms with Gasteiger partial charge in [-0.3, -0.25) is 10.3 Å². The van der Waals surface area contributed by atoms with E-state index < -0.39 is 6.09 Å². The second-order valence-electron chi connectivity index (χ2n) is 8.79. The Kier molecular flexibility index (Phi) is 8.17. The molecule has 0 aliphatic rings. The molecule has 4 aromatic rings. The molecule has 0 radical (unpaired) electrons. The first-order chi connectivity index (χ1) is 17.5. The van der Waals surface area contributed by atoms with Crippen molar-refractivity contribution in [2.75, 3.05) is 51.1 Å². The van der Waals surface area contributed by atoms with Gasteiger partial charge in [-0.25, -0.2) is 9.78 Å². The van der Waals surface area contributed by atoms with Crippen LogP contribution in [0.2, 0.25) is 0 Å². The third-order valence-corrected chi connectivity index (χ3v) is 6.09. The second kappa shape index (κ2) is 11.7. The number of nitrogens with one attached hydrogen (secondary N) is 1. The fourth-order valence-electron chi connectivity index (χ4n) is 4.37. The largest absolute Gasteiger partial charge is 0.497 e. The number of carbonyl (C=O) groups is 1. The van der Waals surface area contributed by atoms with Crippen molar-refractivity contribution >= 4 is 39.3 Å². The van der Waals surface area contributed by atoms with E-state index in [0.717, 1.165) is 59.3 Å². The zero-order valence-corrected chi connectivity index (χ0v) is 21.3. The number of benzene rings is 2. The van der Waals surface area contributed by atoms with Crippen molar-refractivity contribution in [1.29, 1.82) is 0 Å². The monoisotopic (exact) mass is 487 g/mol. The molecule has 2 heterocycles. The lowest BCUT2D eigenvalue weighted by atomic mass is 10.1. The highest BCUT2D eigenvalue weighted by Gasteiger charge is 2.15. The molecule has 188 valence electrons. The summed E-state index contributed by atoms with van der Waals surface area (Å²) in [7, 11) is 5.92. The van der Waals surface area contributed by atoms with Gasteiger partial charge < -0.3 is 19.3 Å². The molecule has 36 heavy (non-hydrogen) atoms. The molecule has 1 amide bonds. The van der Waals surface area contributed by atoms with Crippen molar-refractivity contribution in [3.05, 3.63) is 66.5 Å². The lowest BCUT2D eigenvalue weighted by Gasteiger charge is -2.25. The van der Waals surface area contributed by atoms with Crippen molar-refractivity contribution in [2.45, 2.75) is 19.9 Å². The molecule has 4 rings (SSSR count). The van der Waals surface area contributed by atoms with Gasteiger partial charge >= 0.3 is 6.09 Å². The summed E-state index contributed by atoms with van der Waals surface area (Å²) in [5.74, 6) is 0.788. The van der Waals surface area contributed by atoms with Gasteiger partial charge in [0.1, 0.15) is 5.75 Å². The molecule has 2 aromatic carbocycles. The van der Waals surface area contributed by atoms with Gasteiger partial charge in [0.25, 0.3) is 0 Å². The molecule has 8 heteroatoms. The summed E-state index contributed by atoms with van der Waals surface area (Å²) >= 11 is 0. The van der Waals surface area contributed by atoms with Crippen molar-refractivity contribution in [3.8, 4) is 5.75 Å². The second-order valence-corrected chi connectivity index (χ2v) is 8.79. The van der Waals surface area contributed by atoms with Gasteiger partial charge in [0, 0.05) is 49.0 Å². The predicted molar refractivity (Wildman–Crippen MR) is 145 cm³/mol. The van der Waals surface area contributed by atoms with E-state index in [4.69, 9.17) is 14.5 Å². The van der Waals surface area contributed by atoms with Crippen LogP contribution in [0.25, 0.3) is 21.8 Å². The molecule has 0 spiro atoms. The normalized spacial score (nSPS) is 11.1. The summed E-state index contributed by atoms with van der Waals surface area (Å²) in [6.45, 7) is 4.82. The highest BCUT2D eigenvalue weighted by molar-refractivity contribution is 6.09. The van der Waals surface area contributed by atoms with Crippen molar-refractivity contribution in [1.82, 2.24) is 14.9 Å². The van der Waals surface area contributed by atoms with Gasteiger partial charge in [-0.1, -0.05) is 0 Å². The molecule has 0 saturated heterocycles. The first-order valence-electron chi connectivity index (χ1n) is 12.1. The SMILES string of the molecule is CCOC(=O)Nc1ccc2c(N(C)CCCN(C)Cc3ccncc3)c3cc(OC)ccc3nc2c1. The predicted octanol–water partition coefficient (Wildman–Crippen LogP) is 5.32. The van der Waals surface area contributed by atoms with Gasteiger partial charge in [-0.05, 0) is 81.0 Å². The maximum atomic E-state index is 11.9. The van der Waals surface area contributed by atoms with E-state index in [0.29, 0.717) is 12.3 Å². The zero-order valence-electron chi connectivity index (χ0n) is 21.3. The van der Waals surface area contributed by atoms with Crippen LogP contribution in [-0.2, 0) is 11.3 Å². The lowest BCUT2D eigenvalue weighted by molar-refractivity contribution is 0.168. The minimum Gasteiger partial charge on any atom is -0.497 e. The number of pyridine rings is 2. The molecular formula is C28H33N5O3. The molecule has 0 aliphatic heterocycles. The first kappa shape index (κ1) is 25.2. The smallest absolute Gasteiger partial charge is 0.411 e. The summed E-state index contributed by atoms with van der Waals surface area (Å²) in [6, 6.07) is 15.8. The van der Waals surface area contributed by atoms with Crippen LogP contribution in [0.3, 0.4) is 0 Å².